The molecule has 0 unspecified atom stereocenters. The first-order valence-electron chi connectivity index (χ1n) is 6.10. The van der Waals surface area contributed by atoms with Crippen molar-refractivity contribution < 1.29 is 9.59 Å². The molecule has 0 aromatic heterocycles. The maximum atomic E-state index is 11.8. The highest BCUT2D eigenvalue weighted by atomic mass is 16.2. The zero-order valence-electron chi connectivity index (χ0n) is 11.0. The van der Waals surface area contributed by atoms with Crippen molar-refractivity contribution in [3.05, 3.63) is 48.6 Å². The zero-order valence-corrected chi connectivity index (χ0v) is 11.0. The average molecular weight is 261 g/mol. The van der Waals surface area contributed by atoms with E-state index in [1.54, 1.807) is 13.0 Å². The Morgan fingerprint density at radius 3 is 2.58 bits per heavy atom. The van der Waals surface area contributed by atoms with E-state index in [-0.39, 0.29) is 11.9 Å². The first-order valence-corrected chi connectivity index (χ1v) is 6.10. The van der Waals surface area contributed by atoms with Crippen molar-refractivity contribution in [1.82, 2.24) is 16.0 Å². The highest BCUT2D eigenvalue weighted by Crippen LogP contribution is 1.97. The topological polar surface area (TPSA) is 70.2 Å². The summed E-state index contributed by atoms with van der Waals surface area (Å²) >= 11 is 0. The molecule has 1 aromatic rings. The van der Waals surface area contributed by atoms with Crippen molar-refractivity contribution in [1.29, 1.82) is 0 Å². The smallest absolute Gasteiger partial charge is 0.315 e. The molecule has 3 amide bonds. The molecule has 0 bridgehead atoms. The lowest BCUT2D eigenvalue weighted by atomic mass is 10.2. The Balaban J connectivity index is 2.32. The van der Waals surface area contributed by atoms with Crippen LogP contribution < -0.4 is 16.0 Å². The predicted octanol–water partition coefficient (Wildman–Crippen LogP) is 1.18. The second kappa shape index (κ2) is 7.92. The van der Waals surface area contributed by atoms with E-state index in [2.05, 4.69) is 22.5 Å². The highest BCUT2D eigenvalue weighted by Gasteiger charge is 2.14. The number of nitrogens with one attached hydrogen (secondary N) is 3. The molecule has 3 N–H and O–H groups in total. The Morgan fingerprint density at radius 1 is 1.26 bits per heavy atom. The van der Waals surface area contributed by atoms with E-state index in [1.165, 1.54) is 0 Å². The third kappa shape index (κ3) is 5.72. The summed E-state index contributed by atoms with van der Waals surface area (Å²) in [5.74, 6) is -0.224. The summed E-state index contributed by atoms with van der Waals surface area (Å²) in [5, 5.41) is 7.84. The van der Waals surface area contributed by atoms with Crippen LogP contribution in [0.1, 0.15) is 12.5 Å². The van der Waals surface area contributed by atoms with Crippen LogP contribution in [0.2, 0.25) is 0 Å². The van der Waals surface area contributed by atoms with Gasteiger partial charge in [0.1, 0.15) is 6.04 Å². The highest BCUT2D eigenvalue weighted by molar-refractivity contribution is 5.86. The minimum atomic E-state index is -0.589. The number of carbonyl (C=O) groups is 2. The molecular weight excluding hydrogens is 242 g/mol. The van der Waals surface area contributed by atoms with Crippen LogP contribution in [-0.2, 0) is 11.3 Å². The monoisotopic (exact) mass is 261 g/mol. The number of urea groups is 1. The number of carbonyl (C=O) groups excluding carboxylic acids is 2. The molecule has 0 aliphatic heterocycles. The molecule has 0 radical (unpaired) electrons. The average Bonchev–Trinajstić information content (AvgIpc) is 2.43. The maximum absolute atomic E-state index is 11.8. The normalized spacial score (nSPS) is 11.2. The fraction of sp³-hybridized carbons (Fsp3) is 0.286. The fourth-order valence-corrected chi connectivity index (χ4v) is 1.42. The first kappa shape index (κ1) is 14.8. The summed E-state index contributed by atoms with van der Waals surface area (Å²) in [4.78, 5) is 23.1. The third-order valence-corrected chi connectivity index (χ3v) is 2.46. The van der Waals surface area contributed by atoms with E-state index in [9.17, 15) is 9.59 Å². The van der Waals surface area contributed by atoms with Crippen LogP contribution in [-0.4, -0.2) is 24.5 Å². The summed E-state index contributed by atoms with van der Waals surface area (Å²) in [5.41, 5.74) is 1.01. The summed E-state index contributed by atoms with van der Waals surface area (Å²) in [6, 6.07) is 8.61. The lowest BCUT2D eigenvalue weighted by Gasteiger charge is -2.14. The van der Waals surface area contributed by atoms with Gasteiger partial charge in [-0.05, 0) is 12.5 Å². The van der Waals surface area contributed by atoms with Gasteiger partial charge < -0.3 is 16.0 Å². The van der Waals surface area contributed by atoms with Crippen molar-refractivity contribution in [2.45, 2.75) is 19.5 Å². The van der Waals surface area contributed by atoms with Gasteiger partial charge in [0, 0.05) is 13.1 Å². The Morgan fingerprint density at radius 2 is 1.95 bits per heavy atom. The predicted molar refractivity (Wildman–Crippen MR) is 74.5 cm³/mol. The summed E-state index contributed by atoms with van der Waals surface area (Å²) in [7, 11) is 0. The second-order valence-electron chi connectivity index (χ2n) is 4.07. The fourth-order valence-electron chi connectivity index (χ4n) is 1.42. The van der Waals surface area contributed by atoms with E-state index in [0.29, 0.717) is 13.1 Å². The van der Waals surface area contributed by atoms with Crippen LogP contribution in [0, 0.1) is 0 Å². The summed E-state index contributed by atoms with van der Waals surface area (Å²) in [6.45, 7) is 5.93. The molecule has 102 valence electrons. The molecule has 0 fully saturated rings. The molecule has 0 aliphatic rings. The molecule has 0 spiro atoms. The second-order valence-corrected chi connectivity index (χ2v) is 4.07. The molecule has 1 aromatic carbocycles. The molecule has 0 saturated carbocycles. The van der Waals surface area contributed by atoms with Crippen LogP contribution in [0.25, 0.3) is 0 Å². The Hall–Kier alpha value is -2.30. The third-order valence-electron chi connectivity index (χ3n) is 2.46. The number of benzene rings is 1. The van der Waals surface area contributed by atoms with Crippen molar-refractivity contribution in [2.24, 2.45) is 0 Å². The van der Waals surface area contributed by atoms with Gasteiger partial charge in [0.2, 0.25) is 5.91 Å². The molecule has 1 atom stereocenters. The van der Waals surface area contributed by atoms with E-state index in [0.717, 1.165) is 5.56 Å². The maximum Gasteiger partial charge on any atom is 0.315 e. The molecule has 5 heteroatoms. The first-order chi connectivity index (χ1) is 9.13. The molecule has 1 rings (SSSR count). The van der Waals surface area contributed by atoms with E-state index in [1.807, 2.05) is 30.3 Å². The lowest BCUT2D eigenvalue weighted by Crippen LogP contribution is -2.48. The van der Waals surface area contributed by atoms with Gasteiger partial charge in [0.05, 0.1) is 0 Å². The van der Waals surface area contributed by atoms with Gasteiger partial charge in [0.15, 0.2) is 0 Å². The standard InChI is InChI=1S/C14H19N3O2/c1-3-9-15-14(19)17-11(2)13(18)16-10-12-7-5-4-6-8-12/h3-8,11H,1,9-10H2,2H3,(H,16,18)(H2,15,17,19)/t11-/m0/s1. The Bertz CT molecular complexity index is 432. The van der Waals surface area contributed by atoms with Crippen molar-refractivity contribution in [3.63, 3.8) is 0 Å². The van der Waals surface area contributed by atoms with Crippen LogP contribution in [0.5, 0.6) is 0 Å². The molecular formula is C14H19N3O2. The van der Waals surface area contributed by atoms with E-state index < -0.39 is 6.04 Å². The van der Waals surface area contributed by atoms with Gasteiger partial charge in [-0.3, -0.25) is 4.79 Å². The van der Waals surface area contributed by atoms with Gasteiger partial charge >= 0.3 is 6.03 Å². The van der Waals surface area contributed by atoms with Crippen molar-refractivity contribution in [3.8, 4) is 0 Å². The number of hydrogen-bond acceptors (Lipinski definition) is 2. The van der Waals surface area contributed by atoms with Crippen molar-refractivity contribution >= 4 is 11.9 Å². The van der Waals surface area contributed by atoms with Gasteiger partial charge in [-0.15, -0.1) is 6.58 Å². The van der Waals surface area contributed by atoms with Crippen LogP contribution in [0.3, 0.4) is 0 Å². The number of rotatable bonds is 6. The van der Waals surface area contributed by atoms with Gasteiger partial charge in [-0.25, -0.2) is 4.79 Å². The lowest BCUT2D eigenvalue weighted by molar-refractivity contribution is -0.122. The molecule has 0 aliphatic carbocycles. The largest absolute Gasteiger partial charge is 0.350 e. The molecule has 0 saturated heterocycles. The minimum absolute atomic E-state index is 0.224. The van der Waals surface area contributed by atoms with Gasteiger partial charge in [-0.1, -0.05) is 36.4 Å². The number of amides is 3. The zero-order chi connectivity index (χ0) is 14.1. The van der Waals surface area contributed by atoms with Crippen LogP contribution in [0.4, 0.5) is 4.79 Å². The molecule has 5 nitrogen and oxygen atoms in total. The quantitative estimate of drug-likeness (QED) is 0.673. The van der Waals surface area contributed by atoms with Gasteiger partial charge in [-0.2, -0.15) is 0 Å². The SMILES string of the molecule is C=CCNC(=O)N[C@@H](C)C(=O)NCc1ccccc1. The Kier molecular flexibility index (Phi) is 6.15. The van der Waals surface area contributed by atoms with Crippen LogP contribution >= 0.6 is 0 Å². The van der Waals surface area contributed by atoms with E-state index >= 15 is 0 Å². The molecule has 0 heterocycles. The Labute approximate surface area is 113 Å². The summed E-state index contributed by atoms with van der Waals surface area (Å²) in [6.07, 6.45) is 1.57. The van der Waals surface area contributed by atoms with E-state index in [4.69, 9.17) is 0 Å². The van der Waals surface area contributed by atoms with Crippen molar-refractivity contribution in [2.75, 3.05) is 6.54 Å². The minimum Gasteiger partial charge on any atom is -0.350 e. The summed E-state index contributed by atoms with van der Waals surface area (Å²) < 4.78 is 0. The van der Waals surface area contributed by atoms with Crippen LogP contribution in [0.15, 0.2) is 43.0 Å². The van der Waals surface area contributed by atoms with Gasteiger partial charge in [0.25, 0.3) is 0 Å². The molecule has 19 heavy (non-hydrogen) atoms. The number of hydrogen-bond donors (Lipinski definition) is 3.